The minimum absolute atomic E-state index is 0.284. The second kappa shape index (κ2) is 4.61. The fraction of sp³-hybridized carbons (Fsp3) is 0.500. The van der Waals surface area contributed by atoms with E-state index in [0.717, 1.165) is 25.1 Å². The second-order valence-corrected chi connectivity index (χ2v) is 3.96. The lowest BCUT2D eigenvalue weighted by Gasteiger charge is -2.15. The van der Waals surface area contributed by atoms with Crippen molar-refractivity contribution in [3.8, 4) is 17.2 Å². The maximum Gasteiger partial charge on any atom is 0.164 e. The van der Waals surface area contributed by atoms with Gasteiger partial charge in [0.05, 0.1) is 14.2 Å². The van der Waals surface area contributed by atoms with E-state index in [0.29, 0.717) is 17.4 Å². The highest BCUT2D eigenvalue weighted by Crippen LogP contribution is 2.38. The van der Waals surface area contributed by atoms with Crippen LogP contribution in [0.4, 0.5) is 0 Å². The van der Waals surface area contributed by atoms with Crippen molar-refractivity contribution in [1.29, 1.82) is 0 Å². The summed E-state index contributed by atoms with van der Waals surface area (Å²) < 4.78 is 10.4. The molecule has 2 rings (SSSR count). The third kappa shape index (κ3) is 1.93. The lowest BCUT2D eigenvalue weighted by molar-refractivity contribution is 0.350. The summed E-state index contributed by atoms with van der Waals surface area (Å²) in [6, 6.07) is 3.48. The number of benzene rings is 1. The Hall–Kier alpha value is -1.42. The number of phenols is 1. The summed E-state index contributed by atoms with van der Waals surface area (Å²) in [5.41, 5.74) is 0.933. The van der Waals surface area contributed by atoms with Gasteiger partial charge in [0.2, 0.25) is 0 Å². The van der Waals surface area contributed by atoms with Crippen LogP contribution in [0.5, 0.6) is 17.2 Å². The van der Waals surface area contributed by atoms with E-state index in [-0.39, 0.29) is 5.75 Å². The molecule has 0 radical (unpaired) electrons. The molecule has 2 N–H and O–H groups in total. The number of methoxy groups -OCH3 is 2. The van der Waals surface area contributed by atoms with Crippen molar-refractivity contribution in [1.82, 2.24) is 5.32 Å². The Kier molecular flexibility index (Phi) is 3.19. The Morgan fingerprint density at radius 2 is 1.94 bits per heavy atom. The smallest absolute Gasteiger partial charge is 0.164 e. The largest absolute Gasteiger partial charge is 0.508 e. The van der Waals surface area contributed by atoms with Crippen LogP contribution in [0, 0.1) is 0 Å². The minimum Gasteiger partial charge on any atom is -0.508 e. The quantitative estimate of drug-likeness (QED) is 0.815. The van der Waals surface area contributed by atoms with Gasteiger partial charge >= 0.3 is 0 Å². The van der Waals surface area contributed by atoms with Crippen molar-refractivity contribution < 1.29 is 14.6 Å². The van der Waals surface area contributed by atoms with Gasteiger partial charge in [-0.15, -0.1) is 0 Å². The topological polar surface area (TPSA) is 50.7 Å². The molecular weight excluding hydrogens is 206 g/mol. The van der Waals surface area contributed by atoms with Crippen molar-refractivity contribution in [3.63, 3.8) is 0 Å². The fourth-order valence-corrected chi connectivity index (χ4v) is 2.13. The molecule has 1 fully saturated rings. The molecular formula is C12H17NO3. The van der Waals surface area contributed by atoms with Crippen LogP contribution in [0.15, 0.2) is 12.1 Å². The van der Waals surface area contributed by atoms with Crippen LogP contribution in [0.1, 0.15) is 17.9 Å². The van der Waals surface area contributed by atoms with E-state index in [1.54, 1.807) is 20.3 Å². The van der Waals surface area contributed by atoms with Crippen LogP contribution in [-0.2, 0) is 0 Å². The molecule has 0 amide bonds. The summed E-state index contributed by atoms with van der Waals surface area (Å²) in [4.78, 5) is 0. The number of aromatic hydroxyl groups is 1. The molecule has 1 aliphatic rings. The van der Waals surface area contributed by atoms with Gasteiger partial charge < -0.3 is 19.9 Å². The molecule has 1 aromatic rings. The number of ether oxygens (including phenoxy) is 2. The molecule has 0 bridgehead atoms. The molecule has 0 aliphatic carbocycles. The molecule has 88 valence electrons. The lowest BCUT2D eigenvalue weighted by Crippen LogP contribution is -2.08. The fourth-order valence-electron chi connectivity index (χ4n) is 2.13. The zero-order valence-electron chi connectivity index (χ0n) is 9.62. The Bertz CT molecular complexity index is 373. The van der Waals surface area contributed by atoms with E-state index < -0.39 is 0 Å². The third-order valence-corrected chi connectivity index (χ3v) is 3.03. The Morgan fingerprint density at radius 1 is 1.25 bits per heavy atom. The standard InChI is InChI=1S/C12H17NO3/c1-15-11-5-9(8-3-4-13-7-8)10(14)6-12(11)16-2/h5-6,8,13-14H,3-4,7H2,1-2H3. The minimum atomic E-state index is 0.284. The second-order valence-electron chi connectivity index (χ2n) is 3.96. The van der Waals surface area contributed by atoms with Gasteiger partial charge in [-0.3, -0.25) is 0 Å². The first-order valence-electron chi connectivity index (χ1n) is 5.42. The number of hydrogen-bond acceptors (Lipinski definition) is 4. The average Bonchev–Trinajstić information content (AvgIpc) is 2.82. The molecule has 16 heavy (non-hydrogen) atoms. The van der Waals surface area contributed by atoms with Crippen molar-refractivity contribution >= 4 is 0 Å². The van der Waals surface area contributed by atoms with E-state index in [1.165, 1.54) is 0 Å². The number of nitrogens with one attached hydrogen (secondary N) is 1. The number of hydrogen-bond donors (Lipinski definition) is 2. The van der Waals surface area contributed by atoms with E-state index in [2.05, 4.69) is 5.32 Å². The van der Waals surface area contributed by atoms with Gasteiger partial charge in [-0.25, -0.2) is 0 Å². The summed E-state index contributed by atoms with van der Waals surface area (Å²) in [6.07, 6.45) is 1.04. The molecule has 1 atom stereocenters. The monoisotopic (exact) mass is 223 g/mol. The first-order valence-corrected chi connectivity index (χ1v) is 5.42. The summed E-state index contributed by atoms with van der Waals surface area (Å²) >= 11 is 0. The predicted octanol–water partition coefficient (Wildman–Crippen LogP) is 1.49. The van der Waals surface area contributed by atoms with E-state index in [1.807, 2.05) is 6.07 Å². The predicted molar refractivity (Wildman–Crippen MR) is 61.4 cm³/mol. The Balaban J connectivity index is 2.37. The van der Waals surface area contributed by atoms with Crippen LogP contribution in [0.3, 0.4) is 0 Å². The van der Waals surface area contributed by atoms with Gasteiger partial charge in [0.1, 0.15) is 5.75 Å². The Labute approximate surface area is 95.2 Å². The van der Waals surface area contributed by atoms with E-state index in [9.17, 15) is 5.11 Å². The molecule has 1 unspecified atom stereocenters. The highest BCUT2D eigenvalue weighted by molar-refractivity contribution is 5.51. The molecule has 1 heterocycles. The van der Waals surface area contributed by atoms with Crippen molar-refractivity contribution in [2.75, 3.05) is 27.3 Å². The van der Waals surface area contributed by atoms with Gasteiger partial charge in [0, 0.05) is 24.1 Å². The van der Waals surface area contributed by atoms with Crippen molar-refractivity contribution in [3.05, 3.63) is 17.7 Å². The zero-order valence-corrected chi connectivity index (χ0v) is 9.62. The Morgan fingerprint density at radius 3 is 2.50 bits per heavy atom. The number of phenolic OH excluding ortho intramolecular Hbond substituents is 1. The van der Waals surface area contributed by atoms with E-state index in [4.69, 9.17) is 9.47 Å². The maximum atomic E-state index is 9.94. The van der Waals surface area contributed by atoms with Gasteiger partial charge in [0.25, 0.3) is 0 Å². The van der Waals surface area contributed by atoms with Crippen LogP contribution >= 0.6 is 0 Å². The van der Waals surface area contributed by atoms with Crippen LogP contribution < -0.4 is 14.8 Å². The highest BCUT2D eigenvalue weighted by Gasteiger charge is 2.21. The molecule has 0 aromatic heterocycles. The molecule has 1 aliphatic heterocycles. The summed E-state index contributed by atoms with van der Waals surface area (Å²) in [6.45, 7) is 1.90. The normalized spacial score (nSPS) is 19.8. The molecule has 1 aromatic carbocycles. The SMILES string of the molecule is COc1cc(O)c(C2CCNC2)cc1OC. The highest BCUT2D eigenvalue weighted by atomic mass is 16.5. The lowest BCUT2D eigenvalue weighted by atomic mass is 9.97. The van der Waals surface area contributed by atoms with E-state index >= 15 is 0 Å². The summed E-state index contributed by atoms with van der Waals surface area (Å²) in [7, 11) is 3.17. The van der Waals surface area contributed by atoms with Crippen molar-refractivity contribution in [2.45, 2.75) is 12.3 Å². The average molecular weight is 223 g/mol. The van der Waals surface area contributed by atoms with Crippen LogP contribution in [0.25, 0.3) is 0 Å². The molecule has 0 saturated carbocycles. The third-order valence-electron chi connectivity index (χ3n) is 3.03. The molecule has 4 nitrogen and oxygen atoms in total. The van der Waals surface area contributed by atoms with Crippen molar-refractivity contribution in [2.24, 2.45) is 0 Å². The van der Waals surface area contributed by atoms with Gasteiger partial charge in [-0.05, 0) is 19.0 Å². The number of rotatable bonds is 3. The molecule has 4 heteroatoms. The summed E-state index contributed by atoms with van der Waals surface area (Å²) in [5, 5.41) is 13.2. The van der Waals surface area contributed by atoms with Crippen LogP contribution in [0.2, 0.25) is 0 Å². The first kappa shape index (κ1) is 11.1. The maximum absolute atomic E-state index is 9.94. The van der Waals surface area contributed by atoms with Crippen LogP contribution in [-0.4, -0.2) is 32.4 Å². The summed E-state index contributed by atoms with van der Waals surface area (Å²) in [5.74, 6) is 1.88. The van der Waals surface area contributed by atoms with Gasteiger partial charge in [0.15, 0.2) is 11.5 Å². The molecule has 1 saturated heterocycles. The van der Waals surface area contributed by atoms with Gasteiger partial charge in [-0.1, -0.05) is 0 Å². The van der Waals surface area contributed by atoms with Gasteiger partial charge in [-0.2, -0.15) is 0 Å². The molecule has 0 spiro atoms. The first-order chi connectivity index (χ1) is 7.76. The zero-order chi connectivity index (χ0) is 11.5.